The molecule has 0 aliphatic carbocycles. The second kappa shape index (κ2) is 9.71. The number of ether oxygens (including phenoxy) is 1. The summed E-state index contributed by atoms with van der Waals surface area (Å²) >= 11 is 0.962. The summed E-state index contributed by atoms with van der Waals surface area (Å²) in [5, 5.41) is 13.9. The second-order valence-corrected chi connectivity index (χ2v) is 9.02. The number of carbonyl (C=O) groups is 2. The predicted octanol–water partition coefficient (Wildman–Crippen LogP) is 1.72. The normalized spacial score (nSPS) is 15.3. The van der Waals surface area contributed by atoms with E-state index in [2.05, 4.69) is 5.32 Å². The van der Waals surface area contributed by atoms with Gasteiger partial charge in [0, 0.05) is 23.9 Å². The number of hydrogen-bond donors (Lipinski definition) is 2. The highest BCUT2D eigenvalue weighted by molar-refractivity contribution is 7.07. The van der Waals surface area contributed by atoms with Crippen molar-refractivity contribution < 1.29 is 28.1 Å². The monoisotopic (exact) mass is 534 g/mol. The minimum atomic E-state index is -1.15. The minimum Gasteiger partial charge on any atom is -0.468 e. The van der Waals surface area contributed by atoms with Gasteiger partial charge < -0.3 is 24.6 Å². The van der Waals surface area contributed by atoms with Gasteiger partial charge in [-0.3, -0.25) is 24.3 Å². The van der Waals surface area contributed by atoms with Crippen LogP contribution >= 0.6 is 11.3 Å². The number of nitrogens with two attached hydrogens (primary N) is 1. The molecule has 1 unspecified atom stereocenters. The zero-order valence-corrected chi connectivity index (χ0v) is 20.4. The lowest BCUT2D eigenvalue weighted by Crippen LogP contribution is -2.42. The molecular weight excluding hydrogens is 516 g/mol. The Kier molecular flexibility index (Phi) is 6.26. The number of hydrogen-bond acceptors (Lipinski definition) is 10. The predicted molar refractivity (Wildman–Crippen MR) is 136 cm³/mol. The van der Waals surface area contributed by atoms with Crippen LogP contribution in [-0.4, -0.2) is 28.5 Å². The van der Waals surface area contributed by atoms with Crippen molar-refractivity contribution in [1.29, 1.82) is 0 Å². The number of benzene rings is 1. The number of anilines is 1. The number of methoxy groups -OCH3 is 1. The SMILES string of the molecule is COC(=O)C1=C(N)n2c(s/c(=C/c3ccco3)c2=O)=C(C(=O)Nc2cccc([N+](=O)[O-])c2)C1c1ccco1. The fourth-order valence-electron chi connectivity index (χ4n) is 4.12. The lowest BCUT2D eigenvalue weighted by Gasteiger charge is -2.25. The molecule has 0 saturated heterocycles. The van der Waals surface area contributed by atoms with Crippen LogP contribution in [0.3, 0.4) is 0 Å². The van der Waals surface area contributed by atoms with Crippen molar-refractivity contribution in [3.05, 3.63) is 108 Å². The molecule has 0 saturated carbocycles. The molecule has 1 aliphatic rings. The van der Waals surface area contributed by atoms with E-state index in [9.17, 15) is 24.5 Å². The van der Waals surface area contributed by atoms with Crippen LogP contribution < -0.4 is 25.8 Å². The van der Waals surface area contributed by atoms with Gasteiger partial charge in [0.1, 0.15) is 22.0 Å². The molecule has 0 spiro atoms. The molecular formula is C25H18N4O8S. The van der Waals surface area contributed by atoms with Crippen LogP contribution in [0.4, 0.5) is 11.4 Å². The molecule has 1 aromatic carbocycles. The molecule has 1 amide bonds. The standard InChI is InChI=1S/C25H18N4O8S/c1-35-25(32)19-18(16-8-4-10-37-16)20(22(30)27-13-5-2-6-14(11-13)29(33)34)24-28(21(19)26)23(31)17(38-24)12-15-7-3-9-36-15/h2-12,18H,26H2,1H3,(H,27,30)/b17-12+. The van der Waals surface area contributed by atoms with Crippen molar-refractivity contribution >= 4 is 52.1 Å². The fourth-order valence-corrected chi connectivity index (χ4v) is 5.27. The molecule has 0 radical (unpaired) electrons. The first kappa shape index (κ1) is 24.5. The Hall–Kier alpha value is -5.17. The molecule has 3 aromatic heterocycles. The third kappa shape index (κ3) is 4.20. The van der Waals surface area contributed by atoms with Gasteiger partial charge in [-0.05, 0) is 30.3 Å². The first-order valence-corrected chi connectivity index (χ1v) is 11.8. The summed E-state index contributed by atoms with van der Waals surface area (Å²) in [4.78, 5) is 50.8. The number of furan rings is 2. The summed E-state index contributed by atoms with van der Waals surface area (Å²) in [6.45, 7) is 0. The minimum absolute atomic E-state index is 0.0396. The Labute approximate surface area is 216 Å². The largest absolute Gasteiger partial charge is 0.468 e. The van der Waals surface area contributed by atoms with Crippen LogP contribution in [0.15, 0.2) is 80.3 Å². The molecule has 1 atom stereocenters. The highest BCUT2D eigenvalue weighted by Crippen LogP contribution is 2.38. The second-order valence-electron chi connectivity index (χ2n) is 7.99. The maximum Gasteiger partial charge on any atom is 0.338 e. The van der Waals surface area contributed by atoms with E-state index in [-0.39, 0.29) is 43.3 Å². The number of thiazole rings is 1. The Morgan fingerprint density at radius 2 is 1.92 bits per heavy atom. The van der Waals surface area contributed by atoms with Crippen molar-refractivity contribution in [1.82, 2.24) is 4.57 Å². The van der Waals surface area contributed by atoms with Gasteiger partial charge in [-0.15, -0.1) is 11.3 Å². The Bertz CT molecular complexity index is 1780. The number of carbonyl (C=O) groups excluding carboxylic acids is 2. The lowest BCUT2D eigenvalue weighted by molar-refractivity contribution is -0.384. The van der Waals surface area contributed by atoms with Crippen LogP contribution in [-0.2, 0) is 14.3 Å². The van der Waals surface area contributed by atoms with Gasteiger partial charge >= 0.3 is 5.97 Å². The average Bonchev–Trinajstić information content (AvgIpc) is 3.67. The summed E-state index contributed by atoms with van der Waals surface area (Å²) in [6, 6.07) is 11.8. The van der Waals surface area contributed by atoms with Crippen LogP contribution in [0.1, 0.15) is 17.4 Å². The number of esters is 1. The lowest BCUT2D eigenvalue weighted by atomic mass is 9.86. The Balaban J connectivity index is 1.79. The van der Waals surface area contributed by atoms with Crippen LogP contribution in [0.25, 0.3) is 17.5 Å². The van der Waals surface area contributed by atoms with E-state index in [4.69, 9.17) is 19.3 Å². The fraction of sp³-hybridized carbons (Fsp3) is 0.0800. The third-order valence-corrected chi connectivity index (χ3v) is 6.87. The van der Waals surface area contributed by atoms with Crippen molar-refractivity contribution in [2.24, 2.45) is 5.73 Å². The van der Waals surface area contributed by atoms with Gasteiger partial charge in [-0.25, -0.2) is 4.79 Å². The van der Waals surface area contributed by atoms with Crippen LogP contribution in [0, 0.1) is 10.1 Å². The molecule has 3 N–H and O–H groups in total. The van der Waals surface area contributed by atoms with Crippen molar-refractivity contribution in [3.63, 3.8) is 0 Å². The maximum absolute atomic E-state index is 13.8. The smallest absolute Gasteiger partial charge is 0.338 e. The summed E-state index contributed by atoms with van der Waals surface area (Å²) < 4.78 is 17.2. The van der Waals surface area contributed by atoms with Gasteiger partial charge in [0.2, 0.25) is 0 Å². The number of nitro groups is 1. The van der Waals surface area contributed by atoms with E-state index in [1.807, 2.05) is 0 Å². The van der Waals surface area contributed by atoms with Crippen molar-refractivity contribution in [3.8, 4) is 0 Å². The van der Waals surface area contributed by atoms with E-state index in [1.165, 1.54) is 42.9 Å². The molecule has 0 bridgehead atoms. The zero-order chi connectivity index (χ0) is 27.0. The van der Waals surface area contributed by atoms with E-state index in [0.29, 0.717) is 5.76 Å². The van der Waals surface area contributed by atoms with Crippen LogP contribution in [0.2, 0.25) is 0 Å². The van der Waals surface area contributed by atoms with E-state index >= 15 is 0 Å². The number of nitro benzene ring substituents is 1. The van der Waals surface area contributed by atoms with Gasteiger partial charge in [0.15, 0.2) is 0 Å². The van der Waals surface area contributed by atoms with Crippen molar-refractivity contribution in [2.45, 2.75) is 5.92 Å². The highest BCUT2D eigenvalue weighted by Gasteiger charge is 2.40. The van der Waals surface area contributed by atoms with E-state index in [0.717, 1.165) is 23.0 Å². The molecule has 12 nitrogen and oxygen atoms in total. The number of non-ortho nitro benzene ring substituents is 1. The number of fused-ring (bicyclic) bond motifs is 1. The zero-order valence-electron chi connectivity index (χ0n) is 19.6. The molecule has 4 aromatic rings. The van der Waals surface area contributed by atoms with Gasteiger partial charge in [0.25, 0.3) is 17.2 Å². The summed E-state index contributed by atoms with van der Waals surface area (Å²) in [7, 11) is 1.15. The summed E-state index contributed by atoms with van der Waals surface area (Å²) in [5.74, 6) is -2.39. The first-order valence-electron chi connectivity index (χ1n) is 11.0. The van der Waals surface area contributed by atoms with Crippen molar-refractivity contribution in [2.75, 3.05) is 12.4 Å². The quantitative estimate of drug-likeness (QED) is 0.212. The summed E-state index contributed by atoms with van der Waals surface area (Å²) in [5.41, 5.74) is 5.46. The molecule has 4 heterocycles. The number of nitrogens with zero attached hydrogens (tertiary/aromatic N) is 2. The maximum atomic E-state index is 13.8. The Morgan fingerprint density at radius 3 is 2.58 bits per heavy atom. The number of aromatic nitrogens is 1. The Morgan fingerprint density at radius 1 is 1.16 bits per heavy atom. The van der Waals surface area contributed by atoms with Gasteiger partial charge in [-0.2, -0.15) is 0 Å². The molecule has 13 heteroatoms. The van der Waals surface area contributed by atoms with E-state index < -0.39 is 28.3 Å². The molecule has 38 heavy (non-hydrogen) atoms. The average molecular weight is 535 g/mol. The van der Waals surface area contributed by atoms with Gasteiger partial charge in [-0.1, -0.05) is 6.07 Å². The number of amides is 1. The van der Waals surface area contributed by atoms with Crippen LogP contribution in [0.5, 0.6) is 0 Å². The third-order valence-electron chi connectivity index (χ3n) is 5.76. The summed E-state index contributed by atoms with van der Waals surface area (Å²) in [6.07, 6.45) is 4.29. The first-order chi connectivity index (χ1) is 18.3. The molecule has 192 valence electrons. The molecule has 5 rings (SSSR count). The topological polar surface area (TPSA) is 173 Å². The number of rotatable bonds is 6. The number of nitrogens with one attached hydrogen (secondary N) is 1. The highest BCUT2D eigenvalue weighted by atomic mass is 32.1. The van der Waals surface area contributed by atoms with E-state index in [1.54, 1.807) is 24.3 Å². The van der Waals surface area contributed by atoms with Gasteiger partial charge in [0.05, 0.1) is 46.2 Å². The molecule has 0 fully saturated rings. The molecule has 1 aliphatic heterocycles.